The molecule has 0 saturated carbocycles. The lowest BCUT2D eigenvalue weighted by Gasteiger charge is -2.18. The van der Waals surface area contributed by atoms with Crippen molar-refractivity contribution in [3.63, 3.8) is 0 Å². The number of carbonyl (C=O) groups excluding carboxylic acids is 1. The van der Waals surface area contributed by atoms with Crippen LogP contribution < -0.4 is 4.90 Å². The molecule has 0 radical (unpaired) electrons. The molecule has 7 heteroatoms. The lowest BCUT2D eigenvalue weighted by molar-refractivity contribution is -0.118. The van der Waals surface area contributed by atoms with Gasteiger partial charge in [0.2, 0.25) is 5.91 Å². The minimum absolute atomic E-state index is 0.0505. The molecule has 106 valence electrons. The number of halogens is 2. The zero-order chi connectivity index (χ0) is 14.5. The highest BCUT2D eigenvalue weighted by atomic mass is 127. The average Bonchev–Trinajstić information content (AvgIpc) is 2.83. The Morgan fingerprint density at radius 2 is 2.35 bits per heavy atom. The van der Waals surface area contributed by atoms with Gasteiger partial charge in [0.05, 0.1) is 18.1 Å². The van der Waals surface area contributed by atoms with Gasteiger partial charge in [-0.1, -0.05) is 34.2 Å². The van der Waals surface area contributed by atoms with Gasteiger partial charge in [0.25, 0.3) is 0 Å². The molecule has 0 unspecified atom stereocenters. The van der Waals surface area contributed by atoms with E-state index in [0.29, 0.717) is 23.8 Å². The van der Waals surface area contributed by atoms with E-state index in [2.05, 4.69) is 32.7 Å². The predicted octanol–water partition coefficient (Wildman–Crippen LogP) is 3.10. The van der Waals surface area contributed by atoms with Gasteiger partial charge < -0.3 is 4.90 Å². The third-order valence-electron chi connectivity index (χ3n) is 2.78. The molecule has 0 saturated heterocycles. The number of alkyl halides is 1. The van der Waals surface area contributed by atoms with E-state index in [-0.39, 0.29) is 5.91 Å². The van der Waals surface area contributed by atoms with Crippen molar-refractivity contribution in [2.45, 2.75) is 13.3 Å². The Morgan fingerprint density at radius 3 is 2.95 bits per heavy atom. The Bertz CT molecular complexity index is 587. The molecule has 0 aromatic carbocycles. The first kappa shape index (κ1) is 15.2. The standard InChI is InChI=1S/C13H14ClIN4O/c1-2-18(12(20)5-6-15)11-9-19(17-13(11)14)10-4-3-7-16-8-10/h3-4,7-9H,2,5-6H2,1H3. The largest absolute Gasteiger partial charge is 0.308 e. The summed E-state index contributed by atoms with van der Waals surface area (Å²) in [6.07, 6.45) is 5.63. The molecular formula is C13H14ClIN4O. The molecule has 0 bridgehead atoms. The average molecular weight is 405 g/mol. The fourth-order valence-corrected chi connectivity index (χ4v) is 2.54. The fourth-order valence-electron chi connectivity index (χ4n) is 1.84. The molecule has 0 N–H and O–H groups in total. The Hall–Kier alpha value is -1.15. The fraction of sp³-hybridized carbons (Fsp3) is 0.308. The minimum Gasteiger partial charge on any atom is -0.308 e. The van der Waals surface area contributed by atoms with E-state index in [1.807, 2.05) is 19.1 Å². The lowest BCUT2D eigenvalue weighted by atomic mass is 10.3. The highest BCUT2D eigenvalue weighted by Crippen LogP contribution is 2.26. The van der Waals surface area contributed by atoms with Crippen molar-refractivity contribution in [1.82, 2.24) is 14.8 Å². The summed E-state index contributed by atoms with van der Waals surface area (Å²) < 4.78 is 2.41. The van der Waals surface area contributed by atoms with Crippen molar-refractivity contribution in [2.24, 2.45) is 0 Å². The molecule has 0 aliphatic rings. The molecule has 0 spiro atoms. The van der Waals surface area contributed by atoms with Crippen molar-refractivity contribution in [1.29, 1.82) is 0 Å². The second-order valence-electron chi connectivity index (χ2n) is 4.04. The van der Waals surface area contributed by atoms with E-state index >= 15 is 0 Å². The zero-order valence-electron chi connectivity index (χ0n) is 11.0. The molecule has 2 heterocycles. The number of carbonyl (C=O) groups is 1. The van der Waals surface area contributed by atoms with Crippen LogP contribution >= 0.6 is 34.2 Å². The summed E-state index contributed by atoms with van der Waals surface area (Å²) in [5, 5.41) is 4.56. The second-order valence-corrected chi connectivity index (χ2v) is 5.47. The van der Waals surface area contributed by atoms with Crippen LogP contribution in [0.5, 0.6) is 0 Å². The van der Waals surface area contributed by atoms with Crippen LogP contribution in [0.2, 0.25) is 5.15 Å². The van der Waals surface area contributed by atoms with Crippen LogP contribution in [-0.2, 0) is 4.79 Å². The van der Waals surface area contributed by atoms with Gasteiger partial charge in [-0.25, -0.2) is 4.68 Å². The zero-order valence-corrected chi connectivity index (χ0v) is 13.9. The number of nitrogens with zero attached hydrogens (tertiary/aromatic N) is 4. The maximum absolute atomic E-state index is 12.1. The van der Waals surface area contributed by atoms with Gasteiger partial charge in [-0.15, -0.1) is 0 Å². The summed E-state index contributed by atoms with van der Waals surface area (Å²) in [6.45, 7) is 2.48. The molecular weight excluding hydrogens is 391 g/mol. The third-order valence-corrected chi connectivity index (χ3v) is 3.59. The molecule has 2 aromatic heterocycles. The number of hydrogen-bond acceptors (Lipinski definition) is 3. The van der Waals surface area contributed by atoms with Gasteiger partial charge >= 0.3 is 0 Å². The molecule has 0 aliphatic heterocycles. The summed E-state index contributed by atoms with van der Waals surface area (Å²) in [6, 6.07) is 3.70. The van der Waals surface area contributed by atoms with E-state index in [0.717, 1.165) is 10.1 Å². The van der Waals surface area contributed by atoms with Gasteiger partial charge in [0.1, 0.15) is 5.69 Å². The van der Waals surface area contributed by atoms with Crippen LogP contribution in [0, 0.1) is 0 Å². The monoisotopic (exact) mass is 404 g/mol. The summed E-state index contributed by atoms with van der Waals surface area (Å²) in [5.74, 6) is 0.0505. The number of rotatable bonds is 5. The number of amides is 1. The van der Waals surface area contributed by atoms with E-state index < -0.39 is 0 Å². The highest BCUT2D eigenvalue weighted by molar-refractivity contribution is 14.1. The van der Waals surface area contributed by atoms with Crippen LogP contribution in [0.25, 0.3) is 5.69 Å². The third kappa shape index (κ3) is 3.29. The van der Waals surface area contributed by atoms with Gasteiger partial charge in [-0.3, -0.25) is 9.78 Å². The normalized spacial score (nSPS) is 10.6. The topological polar surface area (TPSA) is 51.0 Å². The van der Waals surface area contributed by atoms with Crippen molar-refractivity contribution < 1.29 is 4.79 Å². The quantitative estimate of drug-likeness (QED) is 0.568. The van der Waals surface area contributed by atoms with E-state index in [9.17, 15) is 4.79 Å². The SMILES string of the molecule is CCN(C(=O)CCI)c1cn(-c2cccnc2)nc1Cl. The van der Waals surface area contributed by atoms with Crippen LogP contribution in [0.3, 0.4) is 0 Å². The first-order valence-electron chi connectivity index (χ1n) is 6.19. The Labute approximate surface area is 136 Å². The van der Waals surface area contributed by atoms with Gasteiger partial charge in [-0.05, 0) is 19.1 Å². The smallest absolute Gasteiger partial charge is 0.227 e. The molecule has 20 heavy (non-hydrogen) atoms. The molecule has 0 atom stereocenters. The van der Waals surface area contributed by atoms with Crippen molar-refractivity contribution in [3.05, 3.63) is 35.9 Å². The van der Waals surface area contributed by atoms with Crippen LogP contribution in [0.1, 0.15) is 13.3 Å². The van der Waals surface area contributed by atoms with Crippen molar-refractivity contribution in [3.8, 4) is 5.69 Å². The van der Waals surface area contributed by atoms with Gasteiger partial charge in [-0.2, -0.15) is 5.10 Å². The van der Waals surface area contributed by atoms with Crippen molar-refractivity contribution in [2.75, 3.05) is 15.9 Å². The molecule has 0 fully saturated rings. The first-order chi connectivity index (χ1) is 9.67. The van der Waals surface area contributed by atoms with E-state index in [1.54, 1.807) is 28.2 Å². The van der Waals surface area contributed by atoms with Gasteiger partial charge in [0.15, 0.2) is 5.15 Å². The van der Waals surface area contributed by atoms with Crippen LogP contribution in [0.15, 0.2) is 30.7 Å². The molecule has 2 aromatic rings. The molecule has 1 amide bonds. The molecule has 5 nitrogen and oxygen atoms in total. The Balaban J connectivity index is 2.33. The lowest BCUT2D eigenvalue weighted by Crippen LogP contribution is -2.30. The summed E-state index contributed by atoms with van der Waals surface area (Å²) in [7, 11) is 0. The van der Waals surface area contributed by atoms with E-state index in [4.69, 9.17) is 11.6 Å². The Kier molecular flexibility index (Phi) is 5.36. The number of anilines is 1. The molecule has 0 aliphatic carbocycles. The van der Waals surface area contributed by atoms with Gasteiger partial charge in [0, 0.05) is 23.6 Å². The maximum atomic E-state index is 12.1. The Morgan fingerprint density at radius 1 is 1.55 bits per heavy atom. The van der Waals surface area contributed by atoms with Crippen LogP contribution in [-0.4, -0.2) is 31.6 Å². The van der Waals surface area contributed by atoms with Crippen LogP contribution in [0.4, 0.5) is 5.69 Å². The summed E-state index contributed by atoms with van der Waals surface area (Å²) in [4.78, 5) is 17.8. The molecule has 2 rings (SSSR count). The second kappa shape index (κ2) is 7.03. The summed E-state index contributed by atoms with van der Waals surface area (Å²) >= 11 is 8.35. The predicted molar refractivity (Wildman–Crippen MR) is 87.9 cm³/mol. The summed E-state index contributed by atoms with van der Waals surface area (Å²) in [5.41, 5.74) is 1.44. The number of aromatic nitrogens is 3. The first-order valence-corrected chi connectivity index (χ1v) is 8.09. The highest BCUT2D eigenvalue weighted by Gasteiger charge is 2.19. The maximum Gasteiger partial charge on any atom is 0.227 e. The number of hydrogen-bond donors (Lipinski definition) is 0. The minimum atomic E-state index is 0.0505. The van der Waals surface area contributed by atoms with Crippen molar-refractivity contribution >= 4 is 45.8 Å². The number of pyridine rings is 1. The van der Waals surface area contributed by atoms with E-state index in [1.165, 1.54) is 0 Å².